The lowest BCUT2D eigenvalue weighted by atomic mass is 10.00. The number of carboxylic acid groups (broad SMARTS) is 1. The Hall–Kier alpha value is -4.52. The van der Waals surface area contributed by atoms with Crippen molar-refractivity contribution in [3.8, 4) is 11.1 Å². The molecule has 4 aromatic rings. The zero-order chi connectivity index (χ0) is 34.9. The average molecular weight is 715 g/mol. The number of hydrogen-bond acceptors (Lipinski definition) is 9. The van der Waals surface area contributed by atoms with Gasteiger partial charge in [-0.3, -0.25) is 24.4 Å². The fourth-order valence-corrected chi connectivity index (χ4v) is 7.29. The van der Waals surface area contributed by atoms with Crippen molar-refractivity contribution in [2.45, 2.75) is 19.1 Å². The number of pyridine rings is 2. The minimum atomic E-state index is -0.756. The normalized spacial score (nSPS) is 18.5. The third-order valence-electron chi connectivity index (χ3n) is 9.27. The number of likely N-dealkylation sites (tertiary alicyclic amines) is 2. The maximum atomic E-state index is 13.5. The number of likely N-dealkylation sites (N-methyl/N-ethyl adjacent to an activating group) is 1. The van der Waals surface area contributed by atoms with Crippen LogP contribution in [0.4, 0.5) is 17.2 Å². The number of aliphatic hydroxyl groups excluding tert-OH is 1. The van der Waals surface area contributed by atoms with Crippen molar-refractivity contribution in [2.75, 3.05) is 56.9 Å². The van der Waals surface area contributed by atoms with Crippen molar-refractivity contribution >= 4 is 63.2 Å². The van der Waals surface area contributed by atoms with Crippen molar-refractivity contribution in [1.29, 1.82) is 0 Å². The molecule has 3 aliphatic heterocycles. The molecule has 1 amide bonds. The van der Waals surface area contributed by atoms with Gasteiger partial charge < -0.3 is 25.7 Å². The Morgan fingerprint density at radius 1 is 0.960 bits per heavy atom. The highest BCUT2D eigenvalue weighted by atomic mass is 35.5. The van der Waals surface area contributed by atoms with Crippen LogP contribution in [0.25, 0.3) is 22.0 Å². The van der Waals surface area contributed by atoms with Crippen LogP contribution in [-0.4, -0.2) is 99.2 Å². The van der Waals surface area contributed by atoms with Gasteiger partial charge in [0.05, 0.1) is 33.4 Å². The van der Waals surface area contributed by atoms with E-state index in [1.165, 1.54) is 0 Å². The van der Waals surface area contributed by atoms with Crippen LogP contribution in [0.1, 0.15) is 12.0 Å². The number of nitrogens with one attached hydrogen (secondary N) is 2. The number of nitrogens with zero attached hydrogens (tertiary/aromatic N) is 5. The molecule has 2 fully saturated rings. The number of rotatable bonds is 10. The summed E-state index contributed by atoms with van der Waals surface area (Å²) in [6.45, 7) is 4.27. The van der Waals surface area contributed by atoms with Crippen LogP contribution < -0.4 is 10.6 Å². The van der Waals surface area contributed by atoms with Gasteiger partial charge in [0.15, 0.2) is 5.82 Å². The molecular weight excluding hydrogens is 677 g/mol. The molecule has 258 valence electrons. The number of halogens is 2. The number of aromatic nitrogens is 2. The van der Waals surface area contributed by atoms with Crippen molar-refractivity contribution in [3.05, 3.63) is 100.0 Å². The largest absolute Gasteiger partial charge is 0.481 e. The number of β-amino-alcohol motifs (C(OH)–C–C–N with tert-alkyl or cyclic N) is 1. The third-order valence-corrected chi connectivity index (χ3v) is 10.1. The van der Waals surface area contributed by atoms with E-state index in [-0.39, 0.29) is 17.9 Å². The van der Waals surface area contributed by atoms with Crippen molar-refractivity contribution in [1.82, 2.24) is 24.7 Å². The van der Waals surface area contributed by atoms with Crippen LogP contribution >= 0.6 is 23.2 Å². The summed E-state index contributed by atoms with van der Waals surface area (Å²) in [5.74, 6) is -0.769. The van der Waals surface area contributed by atoms with E-state index in [1.54, 1.807) is 18.5 Å². The number of aliphatic hydroxyl groups is 1. The Bertz CT molecular complexity index is 2030. The van der Waals surface area contributed by atoms with Crippen molar-refractivity contribution in [3.63, 3.8) is 0 Å². The van der Waals surface area contributed by atoms with E-state index in [9.17, 15) is 19.8 Å². The Morgan fingerprint density at radius 3 is 2.42 bits per heavy atom. The maximum Gasteiger partial charge on any atom is 0.309 e. The number of aliphatic carboxylic acids is 1. The molecule has 5 heterocycles. The number of carbonyl (C=O) groups is 2. The quantitative estimate of drug-likeness (QED) is 0.164. The van der Waals surface area contributed by atoms with Gasteiger partial charge in [-0.05, 0) is 47.9 Å². The predicted octanol–water partition coefficient (Wildman–Crippen LogP) is 5.62. The number of amides is 1. The van der Waals surface area contributed by atoms with Gasteiger partial charge in [-0.25, -0.2) is 4.98 Å². The number of benzene rings is 2. The monoisotopic (exact) mass is 713 g/mol. The van der Waals surface area contributed by atoms with E-state index in [1.807, 2.05) is 66.7 Å². The van der Waals surface area contributed by atoms with Gasteiger partial charge in [-0.2, -0.15) is 0 Å². The Morgan fingerprint density at radius 2 is 1.70 bits per heavy atom. The molecule has 11 nitrogen and oxygen atoms in total. The van der Waals surface area contributed by atoms with Gasteiger partial charge in [-0.15, -0.1) is 0 Å². The molecule has 0 spiro atoms. The van der Waals surface area contributed by atoms with Gasteiger partial charge in [-0.1, -0.05) is 47.5 Å². The molecular formula is C37H37Cl2N7O4. The van der Waals surface area contributed by atoms with E-state index in [2.05, 4.69) is 30.4 Å². The van der Waals surface area contributed by atoms with Gasteiger partial charge in [0.25, 0.3) is 5.91 Å². The lowest BCUT2D eigenvalue weighted by Crippen LogP contribution is -2.49. The van der Waals surface area contributed by atoms with Crippen LogP contribution in [-0.2, 0) is 16.1 Å². The highest BCUT2D eigenvalue weighted by molar-refractivity contribution is 6.39. The molecule has 13 heteroatoms. The summed E-state index contributed by atoms with van der Waals surface area (Å²) in [4.78, 5) is 40.1. The van der Waals surface area contributed by atoms with Gasteiger partial charge in [0.1, 0.15) is 5.52 Å². The van der Waals surface area contributed by atoms with E-state index >= 15 is 0 Å². The molecule has 1 atom stereocenters. The molecule has 0 unspecified atom stereocenters. The second kappa shape index (κ2) is 14.4. The smallest absolute Gasteiger partial charge is 0.309 e. The number of hydrogen-bond donors (Lipinski definition) is 4. The first-order valence-corrected chi connectivity index (χ1v) is 17.2. The topological polar surface area (TPSA) is 134 Å². The van der Waals surface area contributed by atoms with Gasteiger partial charge in [0.2, 0.25) is 0 Å². The van der Waals surface area contributed by atoms with Crippen LogP contribution in [0.3, 0.4) is 0 Å². The SMILES string of the molecule is CN1C=C(CN2CC[C@@H](O)C2)C=C(C(=O)Nc2cccc(-c3cccc(Nc4nccc5cc(CN6CC(C(=O)O)C6)cnc45)c3Cl)c2Cl)C1. The molecule has 0 bridgehead atoms. The van der Waals surface area contributed by atoms with Crippen molar-refractivity contribution < 1.29 is 19.8 Å². The first-order valence-electron chi connectivity index (χ1n) is 16.5. The summed E-state index contributed by atoms with van der Waals surface area (Å²) in [6, 6.07) is 15.0. The molecule has 4 N–H and O–H groups in total. The summed E-state index contributed by atoms with van der Waals surface area (Å²) in [6.07, 6.45) is 7.91. The second-order valence-electron chi connectivity index (χ2n) is 13.2. The standard InChI is InChI=1S/C37H37Cl2N7O4/c1-44-15-23(17-45-11-9-27(47)21-45)13-25(18-44)36(48)43-31-7-3-5-29(33(31)39)28-4-2-6-30(32(28)38)42-35-34-24(8-10-40-35)12-22(14-41-34)16-46-19-26(20-46)37(49)50/h2-8,10,12-15,26-27,47H,9,11,16-21H2,1H3,(H,40,42)(H,43,48)(H,49,50)/t27-/m1/s1. The maximum absolute atomic E-state index is 13.5. The van der Waals surface area contributed by atoms with E-state index in [4.69, 9.17) is 23.2 Å². The first kappa shape index (κ1) is 34.0. The van der Waals surface area contributed by atoms with Crippen LogP contribution in [0.15, 0.2) is 84.3 Å². The number of carbonyl (C=O) groups excluding carboxylic acids is 1. The Labute approximate surface area is 299 Å². The molecule has 0 radical (unpaired) electrons. The summed E-state index contributed by atoms with van der Waals surface area (Å²) in [5.41, 5.74) is 5.71. The molecule has 2 aromatic heterocycles. The van der Waals surface area contributed by atoms with Crippen LogP contribution in [0, 0.1) is 5.92 Å². The summed E-state index contributed by atoms with van der Waals surface area (Å²) in [7, 11) is 1.94. The summed E-state index contributed by atoms with van der Waals surface area (Å²) in [5, 5.41) is 27.1. The molecule has 2 aromatic carbocycles. The van der Waals surface area contributed by atoms with E-state index < -0.39 is 5.97 Å². The molecule has 3 aliphatic rings. The van der Waals surface area contributed by atoms with Gasteiger partial charge in [0, 0.05) is 93.5 Å². The molecule has 2 saturated heterocycles. The van der Waals surface area contributed by atoms with Gasteiger partial charge >= 0.3 is 5.97 Å². The van der Waals surface area contributed by atoms with E-state index in [0.29, 0.717) is 88.7 Å². The summed E-state index contributed by atoms with van der Waals surface area (Å²) < 4.78 is 0. The second-order valence-corrected chi connectivity index (χ2v) is 13.9. The fourth-order valence-electron chi connectivity index (χ4n) is 6.74. The first-order chi connectivity index (χ1) is 24.1. The average Bonchev–Trinajstić information content (AvgIpc) is 3.48. The number of fused-ring (bicyclic) bond motifs is 1. The van der Waals surface area contributed by atoms with Crippen LogP contribution in [0.2, 0.25) is 10.0 Å². The highest BCUT2D eigenvalue weighted by Crippen LogP contribution is 2.41. The zero-order valence-electron chi connectivity index (χ0n) is 27.4. The molecule has 0 aliphatic carbocycles. The molecule has 7 rings (SSSR count). The van der Waals surface area contributed by atoms with E-state index in [0.717, 1.165) is 29.5 Å². The highest BCUT2D eigenvalue weighted by Gasteiger charge is 2.32. The minimum Gasteiger partial charge on any atom is -0.481 e. The number of carboxylic acids is 1. The van der Waals surface area contributed by atoms with Crippen LogP contribution in [0.5, 0.6) is 0 Å². The third kappa shape index (κ3) is 7.33. The molecule has 50 heavy (non-hydrogen) atoms. The number of anilines is 3. The fraction of sp³-hybridized carbons (Fsp3) is 0.297. The molecule has 0 saturated carbocycles. The Kier molecular flexibility index (Phi) is 9.76. The lowest BCUT2D eigenvalue weighted by Gasteiger charge is -2.36. The Balaban J connectivity index is 1.07. The lowest BCUT2D eigenvalue weighted by molar-refractivity contribution is -0.147. The summed E-state index contributed by atoms with van der Waals surface area (Å²) >= 11 is 13.9. The zero-order valence-corrected chi connectivity index (χ0v) is 29.0. The predicted molar refractivity (Wildman–Crippen MR) is 196 cm³/mol. The van der Waals surface area contributed by atoms with Crippen molar-refractivity contribution in [2.24, 2.45) is 5.92 Å². The minimum absolute atomic E-state index is 0.239.